The highest BCUT2D eigenvalue weighted by Crippen LogP contribution is 2.18. The van der Waals surface area contributed by atoms with Crippen LogP contribution in [0.2, 0.25) is 0 Å². The van der Waals surface area contributed by atoms with E-state index in [2.05, 4.69) is 21.6 Å². The lowest BCUT2D eigenvalue weighted by atomic mass is 10.1. The van der Waals surface area contributed by atoms with Crippen LogP contribution in [0.3, 0.4) is 0 Å². The first-order valence-electron chi connectivity index (χ1n) is 5.05. The lowest BCUT2D eigenvalue weighted by Crippen LogP contribution is -2.05. The summed E-state index contributed by atoms with van der Waals surface area (Å²) in [5.74, 6) is 0. The molecule has 16 heavy (non-hydrogen) atoms. The molecule has 1 heterocycles. The number of hydrogen-bond donors (Lipinski definition) is 2. The van der Waals surface area contributed by atoms with Gasteiger partial charge in [-0.05, 0) is 25.1 Å². The average Bonchev–Trinajstić information content (AvgIpc) is 2.83. The van der Waals surface area contributed by atoms with Crippen molar-refractivity contribution in [3.63, 3.8) is 0 Å². The van der Waals surface area contributed by atoms with Gasteiger partial charge in [0.25, 0.3) is 0 Å². The predicted molar refractivity (Wildman–Crippen MR) is 61.8 cm³/mol. The van der Waals surface area contributed by atoms with Gasteiger partial charge in [-0.2, -0.15) is 10.4 Å². The molecule has 0 bridgehead atoms. The summed E-state index contributed by atoms with van der Waals surface area (Å²) in [4.78, 5) is 0. The fourth-order valence-electron chi connectivity index (χ4n) is 1.51. The maximum absolute atomic E-state index is 8.79. The van der Waals surface area contributed by atoms with E-state index in [0.717, 1.165) is 11.3 Å². The molecule has 2 rings (SSSR count). The van der Waals surface area contributed by atoms with Crippen molar-refractivity contribution < 1.29 is 0 Å². The third kappa shape index (κ3) is 2.20. The molecule has 0 aliphatic rings. The minimum Gasteiger partial charge on any atom is -0.378 e. The first-order valence-corrected chi connectivity index (χ1v) is 5.05. The van der Waals surface area contributed by atoms with Crippen molar-refractivity contribution in [2.45, 2.75) is 13.0 Å². The van der Waals surface area contributed by atoms with Crippen LogP contribution in [0.4, 0.5) is 5.69 Å². The fraction of sp³-hybridized carbons (Fsp3) is 0.167. The summed E-state index contributed by atoms with van der Waals surface area (Å²) in [6.07, 6.45) is 3.64. The molecule has 0 aliphatic heterocycles. The van der Waals surface area contributed by atoms with Crippen molar-refractivity contribution in [3.8, 4) is 6.07 Å². The number of anilines is 1. The van der Waals surface area contributed by atoms with E-state index < -0.39 is 0 Å². The standard InChI is InChI=1S/C12H12N4/c1-9(11-7-14-15-8-11)16-12-4-2-3-10(5-12)6-13/h2-5,7-9,16H,1H3,(H,14,15). The summed E-state index contributed by atoms with van der Waals surface area (Å²) >= 11 is 0. The lowest BCUT2D eigenvalue weighted by Gasteiger charge is -2.13. The van der Waals surface area contributed by atoms with Crippen LogP contribution < -0.4 is 5.32 Å². The summed E-state index contributed by atoms with van der Waals surface area (Å²) < 4.78 is 0. The highest BCUT2D eigenvalue weighted by molar-refractivity contribution is 5.50. The van der Waals surface area contributed by atoms with Gasteiger partial charge >= 0.3 is 0 Å². The molecule has 1 unspecified atom stereocenters. The molecule has 2 aromatic rings. The summed E-state index contributed by atoms with van der Waals surface area (Å²) in [6.45, 7) is 2.05. The highest BCUT2D eigenvalue weighted by atomic mass is 15.1. The smallest absolute Gasteiger partial charge is 0.0992 e. The predicted octanol–water partition coefficient (Wildman–Crippen LogP) is 2.45. The van der Waals surface area contributed by atoms with E-state index in [1.807, 2.05) is 31.3 Å². The van der Waals surface area contributed by atoms with E-state index in [1.54, 1.807) is 12.3 Å². The maximum atomic E-state index is 8.79. The van der Waals surface area contributed by atoms with E-state index in [4.69, 9.17) is 5.26 Å². The number of aromatic nitrogens is 2. The summed E-state index contributed by atoms with van der Waals surface area (Å²) in [5.41, 5.74) is 2.68. The number of H-pyrrole nitrogens is 1. The summed E-state index contributed by atoms with van der Waals surface area (Å²) in [6, 6.07) is 9.70. The van der Waals surface area contributed by atoms with Crippen LogP contribution in [0.5, 0.6) is 0 Å². The van der Waals surface area contributed by atoms with Gasteiger partial charge in [-0.1, -0.05) is 6.07 Å². The van der Waals surface area contributed by atoms with Gasteiger partial charge in [-0.25, -0.2) is 0 Å². The Kier molecular flexibility index (Phi) is 2.88. The molecule has 0 radical (unpaired) electrons. The van der Waals surface area contributed by atoms with Gasteiger partial charge in [0.15, 0.2) is 0 Å². The van der Waals surface area contributed by atoms with Crippen molar-refractivity contribution >= 4 is 5.69 Å². The molecule has 1 aromatic heterocycles. The summed E-state index contributed by atoms with van der Waals surface area (Å²) in [7, 11) is 0. The topological polar surface area (TPSA) is 64.5 Å². The zero-order valence-electron chi connectivity index (χ0n) is 8.94. The van der Waals surface area contributed by atoms with Gasteiger partial charge < -0.3 is 5.32 Å². The monoisotopic (exact) mass is 212 g/mol. The van der Waals surface area contributed by atoms with Crippen LogP contribution in [0.25, 0.3) is 0 Å². The Labute approximate surface area is 93.9 Å². The number of benzene rings is 1. The lowest BCUT2D eigenvalue weighted by molar-refractivity contribution is 0.886. The average molecular weight is 212 g/mol. The van der Waals surface area contributed by atoms with Gasteiger partial charge in [0.1, 0.15) is 0 Å². The molecule has 4 nitrogen and oxygen atoms in total. The zero-order valence-corrected chi connectivity index (χ0v) is 8.94. The van der Waals surface area contributed by atoms with Crippen LogP contribution in [-0.4, -0.2) is 10.2 Å². The first kappa shape index (κ1) is 10.2. The minimum absolute atomic E-state index is 0.160. The van der Waals surface area contributed by atoms with E-state index >= 15 is 0 Å². The largest absolute Gasteiger partial charge is 0.378 e. The fourth-order valence-corrected chi connectivity index (χ4v) is 1.51. The molecule has 0 fully saturated rings. The van der Waals surface area contributed by atoms with Crippen molar-refractivity contribution in [2.24, 2.45) is 0 Å². The number of hydrogen-bond acceptors (Lipinski definition) is 3. The van der Waals surface area contributed by atoms with Gasteiger partial charge in [-0.15, -0.1) is 0 Å². The highest BCUT2D eigenvalue weighted by Gasteiger charge is 2.06. The molecule has 0 spiro atoms. The van der Waals surface area contributed by atoms with Crippen molar-refractivity contribution in [2.75, 3.05) is 5.32 Å². The molecule has 80 valence electrons. The quantitative estimate of drug-likeness (QED) is 0.821. The van der Waals surface area contributed by atoms with Crippen LogP contribution in [0.15, 0.2) is 36.7 Å². The van der Waals surface area contributed by atoms with E-state index in [-0.39, 0.29) is 6.04 Å². The molecule has 1 atom stereocenters. The third-order valence-electron chi connectivity index (χ3n) is 2.39. The molecule has 0 aliphatic carbocycles. The molecule has 0 saturated heterocycles. The zero-order chi connectivity index (χ0) is 11.4. The van der Waals surface area contributed by atoms with Crippen molar-refractivity contribution in [1.29, 1.82) is 5.26 Å². The maximum Gasteiger partial charge on any atom is 0.0992 e. The Morgan fingerprint density at radius 3 is 3.06 bits per heavy atom. The molecule has 1 aromatic carbocycles. The number of aromatic amines is 1. The summed E-state index contributed by atoms with van der Waals surface area (Å²) in [5, 5.41) is 18.8. The van der Waals surface area contributed by atoms with Gasteiger partial charge in [-0.3, -0.25) is 5.10 Å². The normalized spacial score (nSPS) is 11.8. The molecule has 4 heteroatoms. The SMILES string of the molecule is CC(Nc1cccc(C#N)c1)c1cn[nH]c1. The Hall–Kier alpha value is -2.28. The Morgan fingerprint density at radius 1 is 1.50 bits per heavy atom. The molecule has 2 N–H and O–H groups in total. The Balaban J connectivity index is 2.12. The second-order valence-corrected chi connectivity index (χ2v) is 3.59. The van der Waals surface area contributed by atoms with E-state index in [9.17, 15) is 0 Å². The second-order valence-electron chi connectivity index (χ2n) is 3.59. The van der Waals surface area contributed by atoms with Gasteiger partial charge in [0.2, 0.25) is 0 Å². The Bertz CT molecular complexity index is 496. The molecule has 0 amide bonds. The first-order chi connectivity index (χ1) is 7.79. The van der Waals surface area contributed by atoms with E-state index in [0.29, 0.717) is 5.56 Å². The number of nitrogens with zero attached hydrogens (tertiary/aromatic N) is 2. The molecular weight excluding hydrogens is 200 g/mol. The van der Waals surface area contributed by atoms with Gasteiger partial charge in [0.05, 0.1) is 23.9 Å². The van der Waals surface area contributed by atoms with Crippen LogP contribution in [-0.2, 0) is 0 Å². The van der Waals surface area contributed by atoms with Crippen LogP contribution >= 0.6 is 0 Å². The molecular formula is C12H12N4. The minimum atomic E-state index is 0.160. The Morgan fingerprint density at radius 2 is 2.38 bits per heavy atom. The van der Waals surface area contributed by atoms with Crippen LogP contribution in [0, 0.1) is 11.3 Å². The molecule has 0 saturated carbocycles. The number of nitriles is 1. The number of nitrogens with one attached hydrogen (secondary N) is 2. The van der Waals surface area contributed by atoms with Crippen LogP contribution in [0.1, 0.15) is 24.1 Å². The number of rotatable bonds is 3. The second kappa shape index (κ2) is 4.49. The van der Waals surface area contributed by atoms with E-state index in [1.165, 1.54) is 0 Å². The van der Waals surface area contributed by atoms with Gasteiger partial charge in [0, 0.05) is 17.4 Å². The van der Waals surface area contributed by atoms with Crippen molar-refractivity contribution in [1.82, 2.24) is 10.2 Å². The van der Waals surface area contributed by atoms with Crippen molar-refractivity contribution in [3.05, 3.63) is 47.8 Å². The third-order valence-corrected chi connectivity index (χ3v) is 2.39.